The smallest absolute Gasteiger partial charge is 0.234 e. The predicted octanol–water partition coefficient (Wildman–Crippen LogP) is 2.91. The molecule has 2 N–H and O–H groups in total. The summed E-state index contributed by atoms with van der Waals surface area (Å²) < 4.78 is 0. The van der Waals surface area contributed by atoms with Crippen LogP contribution in [0, 0.1) is 5.92 Å². The molecule has 146 valence electrons. The number of hydrogen-bond acceptors (Lipinski definition) is 3. The van der Waals surface area contributed by atoms with Gasteiger partial charge in [0.25, 0.3) is 0 Å². The van der Waals surface area contributed by atoms with Crippen molar-refractivity contribution in [2.75, 3.05) is 19.6 Å². The highest BCUT2D eigenvalue weighted by atomic mass is 16.2. The summed E-state index contributed by atoms with van der Waals surface area (Å²) in [7, 11) is 0. The average Bonchev–Trinajstić information content (AvgIpc) is 2.53. The molecule has 1 aromatic rings. The first-order chi connectivity index (χ1) is 12.2. The Bertz CT molecular complexity index is 567. The number of benzene rings is 1. The third-order valence-corrected chi connectivity index (χ3v) is 4.13. The molecule has 0 bridgehead atoms. The van der Waals surface area contributed by atoms with Crippen LogP contribution in [0.2, 0.25) is 0 Å². The Morgan fingerprint density at radius 3 is 1.92 bits per heavy atom. The Morgan fingerprint density at radius 2 is 1.46 bits per heavy atom. The van der Waals surface area contributed by atoms with Gasteiger partial charge < -0.3 is 10.6 Å². The maximum absolute atomic E-state index is 12.3. The molecule has 0 heterocycles. The fourth-order valence-corrected chi connectivity index (χ4v) is 2.84. The van der Waals surface area contributed by atoms with E-state index in [1.54, 1.807) is 0 Å². The van der Waals surface area contributed by atoms with Crippen molar-refractivity contribution in [3.8, 4) is 0 Å². The zero-order chi connectivity index (χ0) is 19.7. The highest BCUT2D eigenvalue weighted by Crippen LogP contribution is 2.15. The van der Waals surface area contributed by atoms with Gasteiger partial charge in [-0.05, 0) is 50.8 Å². The van der Waals surface area contributed by atoms with E-state index in [-0.39, 0.29) is 37.0 Å². The van der Waals surface area contributed by atoms with Crippen molar-refractivity contribution in [1.82, 2.24) is 15.5 Å². The van der Waals surface area contributed by atoms with Crippen LogP contribution < -0.4 is 10.6 Å². The molecule has 0 aromatic heterocycles. The molecule has 1 rings (SSSR count). The summed E-state index contributed by atoms with van der Waals surface area (Å²) in [5.74, 6) is 0.511. The molecule has 2 amide bonds. The number of amides is 2. The van der Waals surface area contributed by atoms with Crippen LogP contribution in [0.5, 0.6) is 0 Å². The van der Waals surface area contributed by atoms with Gasteiger partial charge in [-0.3, -0.25) is 14.5 Å². The minimum Gasteiger partial charge on any atom is -0.353 e. The molecule has 26 heavy (non-hydrogen) atoms. The molecule has 0 aliphatic heterocycles. The third-order valence-electron chi connectivity index (χ3n) is 4.13. The lowest BCUT2D eigenvalue weighted by Gasteiger charge is -2.22. The SMILES string of the molecule is CCN(CC(=O)NC(C)C)CC(=O)N[C@H](C)c1ccc(CC(C)C)cc1. The van der Waals surface area contributed by atoms with Crippen molar-refractivity contribution in [1.29, 1.82) is 0 Å². The van der Waals surface area contributed by atoms with E-state index in [1.807, 2.05) is 32.6 Å². The summed E-state index contributed by atoms with van der Waals surface area (Å²) >= 11 is 0. The van der Waals surface area contributed by atoms with Crippen LogP contribution in [0.3, 0.4) is 0 Å². The summed E-state index contributed by atoms with van der Waals surface area (Å²) in [5, 5.41) is 5.88. The summed E-state index contributed by atoms with van der Waals surface area (Å²) in [5.41, 5.74) is 2.40. The first-order valence-corrected chi connectivity index (χ1v) is 9.61. The fourth-order valence-electron chi connectivity index (χ4n) is 2.84. The van der Waals surface area contributed by atoms with Crippen LogP contribution in [0.4, 0.5) is 0 Å². The summed E-state index contributed by atoms with van der Waals surface area (Å²) in [4.78, 5) is 26.0. The number of nitrogens with one attached hydrogen (secondary N) is 2. The van der Waals surface area contributed by atoms with Crippen LogP contribution in [-0.4, -0.2) is 42.4 Å². The summed E-state index contributed by atoms with van der Waals surface area (Å²) in [6, 6.07) is 8.47. The molecular formula is C21H35N3O2. The second-order valence-electron chi connectivity index (χ2n) is 7.65. The lowest BCUT2D eigenvalue weighted by Crippen LogP contribution is -2.44. The second-order valence-corrected chi connectivity index (χ2v) is 7.65. The van der Waals surface area contributed by atoms with E-state index in [1.165, 1.54) is 5.56 Å². The highest BCUT2D eigenvalue weighted by Gasteiger charge is 2.15. The molecule has 5 nitrogen and oxygen atoms in total. The number of rotatable bonds is 10. The standard InChI is InChI=1S/C21H35N3O2/c1-7-24(13-20(25)22-16(4)5)14-21(26)23-17(6)19-10-8-18(9-11-19)12-15(2)3/h8-11,15-17H,7,12-14H2,1-6H3,(H,22,25)(H,23,26)/t17-/m1/s1. The predicted molar refractivity (Wildman–Crippen MR) is 107 cm³/mol. The molecule has 0 unspecified atom stereocenters. The van der Waals surface area contributed by atoms with Gasteiger partial charge >= 0.3 is 0 Å². The van der Waals surface area contributed by atoms with Gasteiger partial charge in [-0.1, -0.05) is 45.0 Å². The highest BCUT2D eigenvalue weighted by molar-refractivity contribution is 5.81. The van der Waals surface area contributed by atoms with E-state index in [0.29, 0.717) is 12.5 Å². The van der Waals surface area contributed by atoms with Crippen LogP contribution >= 0.6 is 0 Å². The maximum Gasteiger partial charge on any atom is 0.234 e. The van der Waals surface area contributed by atoms with Gasteiger partial charge in [0.2, 0.25) is 11.8 Å². The van der Waals surface area contributed by atoms with Gasteiger partial charge in [-0.15, -0.1) is 0 Å². The lowest BCUT2D eigenvalue weighted by molar-refractivity contribution is -0.125. The van der Waals surface area contributed by atoms with Crippen molar-refractivity contribution in [3.63, 3.8) is 0 Å². The Kier molecular flexibility index (Phi) is 9.35. The number of carbonyl (C=O) groups excluding carboxylic acids is 2. The Morgan fingerprint density at radius 1 is 0.923 bits per heavy atom. The molecular weight excluding hydrogens is 326 g/mol. The molecule has 0 saturated carbocycles. The summed E-state index contributed by atoms with van der Waals surface area (Å²) in [6.07, 6.45) is 1.06. The van der Waals surface area contributed by atoms with E-state index in [4.69, 9.17) is 0 Å². The quantitative estimate of drug-likeness (QED) is 0.674. The van der Waals surface area contributed by atoms with Crippen molar-refractivity contribution in [2.45, 2.75) is 60.0 Å². The van der Waals surface area contributed by atoms with Crippen LogP contribution in [0.25, 0.3) is 0 Å². The van der Waals surface area contributed by atoms with Crippen molar-refractivity contribution >= 4 is 11.8 Å². The normalized spacial score (nSPS) is 12.5. The topological polar surface area (TPSA) is 61.4 Å². The molecule has 0 aliphatic carbocycles. The molecule has 1 atom stereocenters. The molecule has 0 fully saturated rings. The average molecular weight is 362 g/mol. The maximum atomic E-state index is 12.3. The summed E-state index contributed by atoms with van der Waals surface area (Å²) in [6.45, 7) is 13.3. The zero-order valence-electron chi connectivity index (χ0n) is 17.1. The molecule has 0 saturated heterocycles. The molecule has 5 heteroatoms. The van der Waals surface area contributed by atoms with Crippen LogP contribution in [-0.2, 0) is 16.0 Å². The first kappa shape index (κ1) is 22.2. The number of nitrogens with zero attached hydrogens (tertiary/aromatic N) is 1. The van der Waals surface area contributed by atoms with Crippen LogP contribution in [0.15, 0.2) is 24.3 Å². The first-order valence-electron chi connectivity index (χ1n) is 9.61. The molecule has 0 radical (unpaired) electrons. The Balaban J connectivity index is 2.53. The van der Waals surface area contributed by atoms with Crippen molar-refractivity contribution in [3.05, 3.63) is 35.4 Å². The van der Waals surface area contributed by atoms with Crippen molar-refractivity contribution < 1.29 is 9.59 Å². The number of carbonyl (C=O) groups is 2. The van der Waals surface area contributed by atoms with E-state index < -0.39 is 0 Å². The van der Waals surface area contributed by atoms with Gasteiger partial charge in [0.05, 0.1) is 19.1 Å². The lowest BCUT2D eigenvalue weighted by atomic mass is 10.00. The monoisotopic (exact) mass is 361 g/mol. The van der Waals surface area contributed by atoms with E-state index in [9.17, 15) is 9.59 Å². The number of likely N-dealkylation sites (N-methyl/N-ethyl adjacent to an activating group) is 1. The Hall–Kier alpha value is -1.88. The molecule has 0 aliphatic rings. The number of hydrogen-bond donors (Lipinski definition) is 2. The van der Waals surface area contributed by atoms with Gasteiger partial charge in [0, 0.05) is 6.04 Å². The van der Waals surface area contributed by atoms with Gasteiger partial charge in [0.1, 0.15) is 0 Å². The Labute approximate surface area is 158 Å². The van der Waals surface area contributed by atoms with Crippen LogP contribution in [0.1, 0.15) is 58.7 Å². The van der Waals surface area contributed by atoms with E-state index in [2.05, 4.69) is 48.7 Å². The van der Waals surface area contributed by atoms with Gasteiger partial charge in [-0.25, -0.2) is 0 Å². The van der Waals surface area contributed by atoms with Gasteiger partial charge in [-0.2, -0.15) is 0 Å². The molecule has 1 aromatic carbocycles. The largest absolute Gasteiger partial charge is 0.353 e. The third kappa shape index (κ3) is 8.48. The minimum atomic E-state index is -0.0667. The minimum absolute atomic E-state index is 0.0524. The van der Waals surface area contributed by atoms with E-state index >= 15 is 0 Å². The second kappa shape index (κ2) is 11.0. The van der Waals surface area contributed by atoms with E-state index in [0.717, 1.165) is 12.0 Å². The van der Waals surface area contributed by atoms with Crippen molar-refractivity contribution in [2.24, 2.45) is 5.92 Å². The zero-order valence-corrected chi connectivity index (χ0v) is 17.1. The molecule has 0 spiro atoms. The fraction of sp³-hybridized carbons (Fsp3) is 0.619. The van der Waals surface area contributed by atoms with Gasteiger partial charge in [0.15, 0.2) is 0 Å².